The molecule has 3 nitrogen and oxygen atoms in total. The van der Waals surface area contributed by atoms with Crippen LogP contribution < -0.4 is 14.8 Å². The van der Waals surface area contributed by atoms with Gasteiger partial charge in [0, 0.05) is 22.2 Å². The maximum absolute atomic E-state index is 6.17. The highest BCUT2D eigenvalue weighted by molar-refractivity contribution is 6.35. The maximum atomic E-state index is 6.17. The van der Waals surface area contributed by atoms with Gasteiger partial charge in [-0.1, -0.05) is 49.2 Å². The molecule has 5 heteroatoms. The van der Waals surface area contributed by atoms with Crippen LogP contribution in [0.5, 0.6) is 11.5 Å². The van der Waals surface area contributed by atoms with E-state index in [9.17, 15) is 0 Å². The number of methoxy groups -OCH3 is 1. The van der Waals surface area contributed by atoms with Crippen LogP contribution in [0.2, 0.25) is 10.0 Å². The predicted octanol–water partition coefficient (Wildman–Crippen LogP) is 5.33. The van der Waals surface area contributed by atoms with Gasteiger partial charge in [0.05, 0.1) is 7.11 Å². The molecule has 0 atom stereocenters. The number of hydrogen-bond donors (Lipinski definition) is 1. The summed E-state index contributed by atoms with van der Waals surface area (Å²) in [5.41, 5.74) is 2.04. The molecule has 1 N–H and O–H groups in total. The quantitative estimate of drug-likeness (QED) is 0.684. The fraction of sp³-hybridized carbons (Fsp3) is 0.368. The van der Waals surface area contributed by atoms with Crippen LogP contribution in [0.4, 0.5) is 0 Å². The Balaban J connectivity index is 2.01. The van der Waals surface area contributed by atoms with Gasteiger partial charge in [0.2, 0.25) is 0 Å². The van der Waals surface area contributed by atoms with E-state index in [0.717, 1.165) is 24.2 Å². The number of hydrogen-bond acceptors (Lipinski definition) is 3. The number of nitrogens with one attached hydrogen (secondary N) is 1. The average Bonchev–Trinajstić information content (AvgIpc) is 2.54. The van der Waals surface area contributed by atoms with Crippen molar-refractivity contribution in [3.63, 3.8) is 0 Å². The van der Waals surface area contributed by atoms with E-state index in [1.54, 1.807) is 19.2 Å². The van der Waals surface area contributed by atoms with Crippen LogP contribution in [0.3, 0.4) is 0 Å². The van der Waals surface area contributed by atoms with Gasteiger partial charge in [0.25, 0.3) is 0 Å². The summed E-state index contributed by atoms with van der Waals surface area (Å²) >= 11 is 12.1. The molecule has 2 rings (SSSR count). The van der Waals surface area contributed by atoms with Crippen molar-refractivity contribution in [2.45, 2.75) is 27.0 Å². The highest BCUT2D eigenvalue weighted by Gasteiger charge is 2.08. The van der Waals surface area contributed by atoms with Crippen molar-refractivity contribution >= 4 is 23.2 Å². The molecule has 0 heterocycles. The summed E-state index contributed by atoms with van der Waals surface area (Å²) in [6.45, 7) is 6.52. The van der Waals surface area contributed by atoms with Gasteiger partial charge in [-0.3, -0.25) is 0 Å². The Labute approximate surface area is 153 Å². The Bertz CT molecular complexity index is 674. The average molecular weight is 368 g/mol. The Kier molecular flexibility index (Phi) is 7.22. The van der Waals surface area contributed by atoms with E-state index >= 15 is 0 Å². The van der Waals surface area contributed by atoms with E-state index in [0.29, 0.717) is 34.1 Å². The lowest BCUT2D eigenvalue weighted by Gasteiger charge is -2.14. The molecule has 0 amide bonds. The molecular weight excluding hydrogens is 345 g/mol. The second-order valence-corrected chi connectivity index (χ2v) is 6.88. The lowest BCUT2D eigenvalue weighted by atomic mass is 10.1. The third-order valence-corrected chi connectivity index (χ3v) is 4.09. The van der Waals surface area contributed by atoms with Crippen molar-refractivity contribution in [3.05, 3.63) is 57.6 Å². The van der Waals surface area contributed by atoms with Crippen LogP contribution in [0.1, 0.15) is 25.0 Å². The minimum atomic E-state index is 0.358. The standard InChI is InChI=1S/C19H23Cl2NO2/c1-13(2)10-22-11-14-4-7-18(19(8-14)23-3)24-12-15-5-6-16(20)9-17(15)21/h4-9,13,22H,10-12H2,1-3H3. The molecule has 0 unspecified atom stereocenters. The summed E-state index contributed by atoms with van der Waals surface area (Å²) in [6, 6.07) is 11.3. The smallest absolute Gasteiger partial charge is 0.161 e. The third kappa shape index (κ3) is 5.59. The summed E-state index contributed by atoms with van der Waals surface area (Å²) < 4.78 is 11.3. The number of rotatable bonds is 8. The molecule has 0 fully saturated rings. The van der Waals surface area contributed by atoms with Crippen molar-refractivity contribution in [1.82, 2.24) is 5.32 Å². The highest BCUT2D eigenvalue weighted by Crippen LogP contribution is 2.30. The maximum Gasteiger partial charge on any atom is 0.161 e. The van der Waals surface area contributed by atoms with E-state index in [2.05, 4.69) is 19.2 Å². The molecule has 0 aromatic heterocycles. The van der Waals surface area contributed by atoms with Gasteiger partial charge in [0.15, 0.2) is 11.5 Å². The van der Waals surface area contributed by atoms with E-state index in [-0.39, 0.29) is 0 Å². The Morgan fingerprint density at radius 3 is 2.50 bits per heavy atom. The van der Waals surface area contributed by atoms with Gasteiger partial charge in [0.1, 0.15) is 6.61 Å². The van der Waals surface area contributed by atoms with Crippen molar-refractivity contribution in [3.8, 4) is 11.5 Å². The van der Waals surface area contributed by atoms with Crippen molar-refractivity contribution in [2.75, 3.05) is 13.7 Å². The SMILES string of the molecule is COc1cc(CNCC(C)C)ccc1OCc1ccc(Cl)cc1Cl. The molecule has 0 bridgehead atoms. The van der Waals surface area contributed by atoms with Gasteiger partial charge in [-0.25, -0.2) is 0 Å². The number of benzene rings is 2. The fourth-order valence-corrected chi connectivity index (χ4v) is 2.70. The first kappa shape index (κ1) is 18.9. The van der Waals surface area contributed by atoms with Crippen LogP contribution in [0.15, 0.2) is 36.4 Å². The van der Waals surface area contributed by atoms with Crippen LogP contribution in [0, 0.1) is 5.92 Å². The molecule has 0 aliphatic rings. The van der Waals surface area contributed by atoms with Crippen molar-refractivity contribution < 1.29 is 9.47 Å². The zero-order valence-electron chi connectivity index (χ0n) is 14.2. The molecular formula is C19H23Cl2NO2. The Morgan fingerprint density at radius 2 is 1.83 bits per heavy atom. The minimum absolute atomic E-state index is 0.358. The van der Waals surface area contributed by atoms with E-state index in [1.807, 2.05) is 24.3 Å². The van der Waals surface area contributed by atoms with Gasteiger partial charge < -0.3 is 14.8 Å². The van der Waals surface area contributed by atoms with E-state index in [4.69, 9.17) is 32.7 Å². The monoisotopic (exact) mass is 367 g/mol. The Morgan fingerprint density at radius 1 is 1.04 bits per heavy atom. The number of ether oxygens (including phenoxy) is 2. The van der Waals surface area contributed by atoms with Crippen LogP contribution in [0.25, 0.3) is 0 Å². The van der Waals surface area contributed by atoms with Gasteiger partial charge >= 0.3 is 0 Å². The van der Waals surface area contributed by atoms with Crippen LogP contribution in [-0.2, 0) is 13.2 Å². The predicted molar refractivity (Wildman–Crippen MR) is 100 cm³/mol. The topological polar surface area (TPSA) is 30.5 Å². The lowest BCUT2D eigenvalue weighted by Crippen LogP contribution is -2.18. The zero-order chi connectivity index (χ0) is 17.5. The minimum Gasteiger partial charge on any atom is -0.493 e. The van der Waals surface area contributed by atoms with Crippen molar-refractivity contribution in [1.29, 1.82) is 0 Å². The van der Waals surface area contributed by atoms with Gasteiger partial charge in [-0.15, -0.1) is 0 Å². The molecule has 0 aliphatic carbocycles. The normalized spacial score (nSPS) is 10.9. The van der Waals surface area contributed by atoms with Crippen LogP contribution >= 0.6 is 23.2 Å². The summed E-state index contributed by atoms with van der Waals surface area (Å²) in [5.74, 6) is 2.03. The molecule has 2 aromatic carbocycles. The van der Waals surface area contributed by atoms with E-state index < -0.39 is 0 Å². The summed E-state index contributed by atoms with van der Waals surface area (Å²) in [4.78, 5) is 0. The largest absolute Gasteiger partial charge is 0.493 e. The molecule has 2 aromatic rings. The second kappa shape index (κ2) is 9.16. The number of halogens is 2. The molecule has 0 saturated carbocycles. The molecule has 130 valence electrons. The highest BCUT2D eigenvalue weighted by atomic mass is 35.5. The fourth-order valence-electron chi connectivity index (χ4n) is 2.24. The van der Waals surface area contributed by atoms with Gasteiger partial charge in [-0.05, 0) is 42.3 Å². The van der Waals surface area contributed by atoms with Gasteiger partial charge in [-0.2, -0.15) is 0 Å². The Hall–Kier alpha value is -1.42. The van der Waals surface area contributed by atoms with Crippen LogP contribution in [-0.4, -0.2) is 13.7 Å². The van der Waals surface area contributed by atoms with Crippen molar-refractivity contribution in [2.24, 2.45) is 5.92 Å². The molecule has 24 heavy (non-hydrogen) atoms. The molecule has 0 spiro atoms. The van der Waals surface area contributed by atoms with E-state index in [1.165, 1.54) is 0 Å². The zero-order valence-corrected chi connectivity index (χ0v) is 15.7. The molecule has 0 radical (unpaired) electrons. The first-order chi connectivity index (χ1) is 11.5. The summed E-state index contributed by atoms with van der Waals surface area (Å²) in [6.07, 6.45) is 0. The molecule has 0 saturated heterocycles. The summed E-state index contributed by atoms with van der Waals surface area (Å²) in [7, 11) is 1.64. The summed E-state index contributed by atoms with van der Waals surface area (Å²) in [5, 5.41) is 4.62. The first-order valence-electron chi connectivity index (χ1n) is 7.94. The lowest BCUT2D eigenvalue weighted by molar-refractivity contribution is 0.284. The first-order valence-corrected chi connectivity index (χ1v) is 8.69. The second-order valence-electron chi connectivity index (χ2n) is 6.03. The molecule has 0 aliphatic heterocycles. The third-order valence-electron chi connectivity index (χ3n) is 3.51.